The molecule has 3 N–H and O–H groups in total. The van der Waals surface area contributed by atoms with Crippen LogP contribution in [-0.4, -0.2) is 22.4 Å². The van der Waals surface area contributed by atoms with Crippen molar-refractivity contribution >= 4 is 0 Å². The lowest BCUT2D eigenvalue weighted by molar-refractivity contribution is -0.0119. The highest BCUT2D eigenvalue weighted by Crippen LogP contribution is 2.31. The van der Waals surface area contributed by atoms with E-state index in [0.717, 1.165) is 31.4 Å². The van der Waals surface area contributed by atoms with Crippen molar-refractivity contribution in [3.05, 3.63) is 35.4 Å². The highest BCUT2D eigenvalue weighted by atomic mass is 16.3. The number of aliphatic hydroxyl groups is 2. The van der Waals surface area contributed by atoms with Crippen LogP contribution >= 0.6 is 0 Å². The molecule has 3 heteroatoms. The fourth-order valence-corrected chi connectivity index (χ4v) is 2.99. The lowest BCUT2D eigenvalue weighted by Crippen LogP contribution is -2.43. The normalized spacial score (nSPS) is 27.4. The number of nitrogens with one attached hydrogen (secondary N) is 1. The quantitative estimate of drug-likeness (QED) is 0.763. The van der Waals surface area contributed by atoms with Crippen molar-refractivity contribution in [2.45, 2.75) is 51.4 Å². The van der Waals surface area contributed by atoms with Gasteiger partial charge in [-0.15, -0.1) is 0 Å². The lowest BCUT2D eigenvalue weighted by Gasteiger charge is -2.35. The summed E-state index contributed by atoms with van der Waals surface area (Å²) < 4.78 is 0. The second-order valence-electron chi connectivity index (χ2n) is 6.00. The van der Waals surface area contributed by atoms with E-state index in [1.807, 2.05) is 24.3 Å². The molecule has 1 aromatic carbocycles. The van der Waals surface area contributed by atoms with Crippen LogP contribution in [0, 0.1) is 5.92 Å². The predicted molar refractivity (Wildman–Crippen MR) is 76.7 cm³/mol. The molecular formula is C16H25NO2. The second kappa shape index (κ2) is 6.51. The molecule has 0 heterocycles. The summed E-state index contributed by atoms with van der Waals surface area (Å²) in [7, 11) is 0. The fourth-order valence-electron chi connectivity index (χ4n) is 2.99. The van der Waals surface area contributed by atoms with Gasteiger partial charge in [-0.05, 0) is 29.9 Å². The third-order valence-electron chi connectivity index (χ3n) is 4.06. The Balaban J connectivity index is 1.79. The van der Waals surface area contributed by atoms with Crippen molar-refractivity contribution in [3.63, 3.8) is 0 Å². The maximum absolute atomic E-state index is 10.5. The minimum Gasteiger partial charge on any atom is -0.392 e. The van der Waals surface area contributed by atoms with Crippen LogP contribution in [0.2, 0.25) is 0 Å². The van der Waals surface area contributed by atoms with E-state index in [9.17, 15) is 5.11 Å². The van der Waals surface area contributed by atoms with Crippen molar-refractivity contribution in [2.24, 2.45) is 5.92 Å². The van der Waals surface area contributed by atoms with Crippen molar-refractivity contribution in [3.8, 4) is 0 Å². The summed E-state index contributed by atoms with van der Waals surface area (Å²) >= 11 is 0. The first-order chi connectivity index (χ1) is 9.11. The summed E-state index contributed by atoms with van der Waals surface area (Å²) in [6.45, 7) is 3.74. The molecule has 2 rings (SSSR count). The van der Waals surface area contributed by atoms with Crippen LogP contribution in [-0.2, 0) is 13.2 Å². The molecule has 1 fully saturated rings. The van der Waals surface area contributed by atoms with Crippen LogP contribution in [0.15, 0.2) is 24.3 Å². The maximum Gasteiger partial charge on any atom is 0.0774 e. The zero-order valence-corrected chi connectivity index (χ0v) is 11.7. The highest BCUT2D eigenvalue weighted by molar-refractivity contribution is 5.21. The molecule has 0 amide bonds. The van der Waals surface area contributed by atoms with Gasteiger partial charge in [-0.1, -0.05) is 44.0 Å². The third-order valence-corrected chi connectivity index (χ3v) is 4.06. The Hall–Kier alpha value is -0.900. The number of aliphatic hydroxyl groups excluding tert-OH is 1. The maximum atomic E-state index is 10.5. The Morgan fingerprint density at radius 2 is 1.95 bits per heavy atom. The Bertz CT molecular complexity index is 390. The molecular weight excluding hydrogens is 238 g/mol. The first kappa shape index (κ1) is 14.5. The standard InChI is InChI=1S/C16H25NO2/c1-13-3-2-8-16(19,9-13)12-17-10-14-4-6-15(11-18)7-5-14/h4-7,13,17-19H,2-3,8-12H2,1H3. The number of benzene rings is 1. The summed E-state index contributed by atoms with van der Waals surface area (Å²) in [4.78, 5) is 0. The molecule has 1 aromatic rings. The molecule has 2 atom stereocenters. The van der Waals surface area contributed by atoms with Crippen LogP contribution in [0.4, 0.5) is 0 Å². The van der Waals surface area contributed by atoms with Gasteiger partial charge in [-0.2, -0.15) is 0 Å². The van der Waals surface area contributed by atoms with Crippen molar-refractivity contribution < 1.29 is 10.2 Å². The second-order valence-corrected chi connectivity index (χ2v) is 6.00. The molecule has 0 saturated heterocycles. The lowest BCUT2D eigenvalue weighted by atomic mass is 9.79. The van der Waals surface area contributed by atoms with Gasteiger partial charge in [-0.3, -0.25) is 0 Å². The van der Waals surface area contributed by atoms with Crippen molar-refractivity contribution in [1.29, 1.82) is 0 Å². The van der Waals surface area contributed by atoms with E-state index in [-0.39, 0.29) is 6.61 Å². The van der Waals surface area contributed by atoms with E-state index < -0.39 is 5.60 Å². The molecule has 19 heavy (non-hydrogen) atoms. The summed E-state index contributed by atoms with van der Waals surface area (Å²) in [5.74, 6) is 0.629. The molecule has 0 bridgehead atoms. The van der Waals surface area contributed by atoms with Crippen LogP contribution in [0.5, 0.6) is 0 Å². The average Bonchev–Trinajstić information content (AvgIpc) is 2.39. The molecule has 106 valence electrons. The minimum atomic E-state index is -0.525. The summed E-state index contributed by atoms with van der Waals surface area (Å²) in [5.41, 5.74) is 1.59. The van der Waals surface area contributed by atoms with Gasteiger partial charge in [0.2, 0.25) is 0 Å². The zero-order valence-electron chi connectivity index (χ0n) is 11.7. The van der Waals surface area contributed by atoms with Gasteiger partial charge < -0.3 is 15.5 Å². The Morgan fingerprint density at radius 3 is 2.58 bits per heavy atom. The predicted octanol–water partition coefficient (Wildman–Crippen LogP) is 2.21. The Morgan fingerprint density at radius 1 is 1.26 bits per heavy atom. The van der Waals surface area contributed by atoms with Gasteiger partial charge >= 0.3 is 0 Å². The topological polar surface area (TPSA) is 52.5 Å². The van der Waals surface area contributed by atoms with Crippen LogP contribution in [0.25, 0.3) is 0 Å². The average molecular weight is 263 g/mol. The van der Waals surface area contributed by atoms with Gasteiger partial charge in [0.25, 0.3) is 0 Å². The van der Waals surface area contributed by atoms with E-state index in [1.165, 1.54) is 12.0 Å². The van der Waals surface area contributed by atoms with Gasteiger partial charge in [0, 0.05) is 13.1 Å². The summed E-state index contributed by atoms with van der Waals surface area (Å²) in [5, 5.41) is 22.8. The van der Waals surface area contributed by atoms with Crippen molar-refractivity contribution in [1.82, 2.24) is 5.32 Å². The Kier molecular flexibility index (Phi) is 4.97. The molecule has 0 spiro atoms. The molecule has 1 aliphatic carbocycles. The summed E-state index contributed by atoms with van der Waals surface area (Å²) in [6.07, 6.45) is 4.19. The van der Waals surface area contributed by atoms with Gasteiger partial charge in [-0.25, -0.2) is 0 Å². The molecule has 1 aliphatic rings. The molecule has 0 radical (unpaired) electrons. The molecule has 0 aliphatic heterocycles. The third kappa shape index (κ3) is 4.30. The van der Waals surface area contributed by atoms with E-state index in [2.05, 4.69) is 12.2 Å². The summed E-state index contributed by atoms with van der Waals surface area (Å²) in [6, 6.07) is 7.92. The van der Waals surface area contributed by atoms with Gasteiger partial charge in [0.05, 0.1) is 12.2 Å². The molecule has 3 nitrogen and oxygen atoms in total. The monoisotopic (exact) mass is 263 g/mol. The molecule has 0 aromatic heterocycles. The first-order valence-corrected chi connectivity index (χ1v) is 7.23. The highest BCUT2D eigenvalue weighted by Gasteiger charge is 2.31. The molecule has 2 unspecified atom stereocenters. The zero-order chi connectivity index (χ0) is 13.7. The van der Waals surface area contributed by atoms with Crippen molar-refractivity contribution in [2.75, 3.05) is 6.54 Å². The Labute approximate surface area is 115 Å². The minimum absolute atomic E-state index is 0.0886. The van der Waals surface area contributed by atoms with Crippen LogP contribution in [0.3, 0.4) is 0 Å². The number of hydrogen-bond donors (Lipinski definition) is 3. The van der Waals surface area contributed by atoms with E-state index in [4.69, 9.17) is 5.11 Å². The van der Waals surface area contributed by atoms with E-state index >= 15 is 0 Å². The van der Waals surface area contributed by atoms with Gasteiger partial charge in [0.15, 0.2) is 0 Å². The smallest absolute Gasteiger partial charge is 0.0774 e. The number of rotatable bonds is 5. The number of hydrogen-bond acceptors (Lipinski definition) is 3. The SMILES string of the molecule is CC1CCCC(O)(CNCc2ccc(CO)cc2)C1. The van der Waals surface area contributed by atoms with Crippen LogP contribution in [0.1, 0.15) is 43.7 Å². The first-order valence-electron chi connectivity index (χ1n) is 7.23. The van der Waals surface area contributed by atoms with Gasteiger partial charge in [0.1, 0.15) is 0 Å². The fraction of sp³-hybridized carbons (Fsp3) is 0.625. The largest absolute Gasteiger partial charge is 0.392 e. The van der Waals surface area contributed by atoms with E-state index in [0.29, 0.717) is 12.5 Å². The van der Waals surface area contributed by atoms with E-state index in [1.54, 1.807) is 0 Å². The molecule has 1 saturated carbocycles. The van der Waals surface area contributed by atoms with Crippen LogP contribution < -0.4 is 5.32 Å².